The second kappa shape index (κ2) is 8.50. The molecule has 0 aromatic rings. The second-order valence-corrected chi connectivity index (χ2v) is 7.06. The summed E-state index contributed by atoms with van der Waals surface area (Å²) < 4.78 is 5.77. The Bertz CT molecular complexity index is 285. The Labute approximate surface area is 131 Å². The fraction of sp³-hybridized carbons (Fsp3) is 1.00. The van der Waals surface area contributed by atoms with E-state index in [9.17, 15) is 0 Å². The fourth-order valence-corrected chi connectivity index (χ4v) is 4.03. The van der Waals surface area contributed by atoms with Crippen molar-refractivity contribution in [3.8, 4) is 0 Å². The van der Waals surface area contributed by atoms with Crippen LogP contribution >= 0.6 is 0 Å². The molecule has 2 heterocycles. The molecule has 2 saturated heterocycles. The van der Waals surface area contributed by atoms with Gasteiger partial charge in [-0.25, -0.2) is 0 Å². The molecule has 0 bridgehead atoms. The molecule has 0 saturated carbocycles. The molecule has 0 aliphatic carbocycles. The Morgan fingerprint density at radius 2 is 2.00 bits per heavy atom. The zero-order valence-corrected chi connectivity index (χ0v) is 14.5. The standard InChI is InChI=1S/C18H36N2O/c1-4-9-16-14-19-18(5-2,6-3)15-20(16)12-7-10-17-11-8-13-21-17/h16-17,19H,4-15H2,1-3H3. The molecule has 1 N–H and O–H groups in total. The minimum atomic E-state index is 0.355. The Hall–Kier alpha value is -0.120. The average Bonchev–Trinajstić information content (AvgIpc) is 3.02. The topological polar surface area (TPSA) is 24.5 Å². The van der Waals surface area contributed by atoms with E-state index in [2.05, 4.69) is 31.0 Å². The van der Waals surface area contributed by atoms with Crippen molar-refractivity contribution in [3.63, 3.8) is 0 Å². The summed E-state index contributed by atoms with van der Waals surface area (Å²) in [6, 6.07) is 0.741. The van der Waals surface area contributed by atoms with Crippen LogP contribution in [0.4, 0.5) is 0 Å². The molecule has 0 radical (unpaired) electrons. The summed E-state index contributed by atoms with van der Waals surface area (Å²) in [6.07, 6.45) is 10.8. The van der Waals surface area contributed by atoms with Gasteiger partial charge in [-0.2, -0.15) is 0 Å². The van der Waals surface area contributed by atoms with Gasteiger partial charge in [0.2, 0.25) is 0 Å². The van der Waals surface area contributed by atoms with Gasteiger partial charge >= 0.3 is 0 Å². The Balaban J connectivity index is 1.84. The molecule has 3 heteroatoms. The van der Waals surface area contributed by atoms with Crippen molar-refractivity contribution >= 4 is 0 Å². The second-order valence-electron chi connectivity index (χ2n) is 7.06. The van der Waals surface area contributed by atoms with Crippen LogP contribution in [0.15, 0.2) is 0 Å². The number of rotatable bonds is 8. The van der Waals surface area contributed by atoms with E-state index in [1.807, 2.05) is 0 Å². The first-order chi connectivity index (χ1) is 10.2. The van der Waals surface area contributed by atoms with E-state index in [1.165, 1.54) is 71.0 Å². The number of hydrogen-bond donors (Lipinski definition) is 1. The molecule has 2 fully saturated rings. The number of nitrogens with zero attached hydrogens (tertiary/aromatic N) is 1. The van der Waals surface area contributed by atoms with Crippen LogP contribution in [0.5, 0.6) is 0 Å². The van der Waals surface area contributed by atoms with Gasteiger partial charge in [0.05, 0.1) is 6.10 Å². The summed E-state index contributed by atoms with van der Waals surface area (Å²) in [5, 5.41) is 3.86. The van der Waals surface area contributed by atoms with Gasteiger partial charge in [-0.15, -0.1) is 0 Å². The van der Waals surface area contributed by atoms with E-state index in [0.29, 0.717) is 11.6 Å². The smallest absolute Gasteiger partial charge is 0.0576 e. The summed E-state index contributed by atoms with van der Waals surface area (Å²) in [7, 11) is 0. The molecule has 3 nitrogen and oxygen atoms in total. The Kier molecular flexibility index (Phi) is 6.97. The molecule has 2 aliphatic heterocycles. The van der Waals surface area contributed by atoms with Gasteiger partial charge < -0.3 is 10.1 Å². The van der Waals surface area contributed by atoms with E-state index in [4.69, 9.17) is 4.74 Å². The first-order valence-corrected chi connectivity index (χ1v) is 9.33. The molecule has 2 unspecified atom stereocenters. The maximum Gasteiger partial charge on any atom is 0.0576 e. The third kappa shape index (κ3) is 4.67. The first kappa shape index (κ1) is 17.2. The number of hydrogen-bond acceptors (Lipinski definition) is 3. The molecular weight excluding hydrogens is 260 g/mol. The van der Waals surface area contributed by atoms with E-state index in [-0.39, 0.29) is 0 Å². The van der Waals surface area contributed by atoms with Crippen LogP contribution in [-0.2, 0) is 4.74 Å². The first-order valence-electron chi connectivity index (χ1n) is 9.33. The van der Waals surface area contributed by atoms with Gasteiger partial charge in [0.25, 0.3) is 0 Å². The Morgan fingerprint density at radius 1 is 1.19 bits per heavy atom. The molecule has 2 rings (SSSR count). The molecule has 2 atom stereocenters. The van der Waals surface area contributed by atoms with Crippen LogP contribution in [0.25, 0.3) is 0 Å². The summed E-state index contributed by atoms with van der Waals surface area (Å²) in [5.41, 5.74) is 0.355. The highest BCUT2D eigenvalue weighted by atomic mass is 16.5. The lowest BCUT2D eigenvalue weighted by Gasteiger charge is -2.48. The Morgan fingerprint density at radius 3 is 2.62 bits per heavy atom. The van der Waals surface area contributed by atoms with Gasteiger partial charge in [0, 0.05) is 31.3 Å². The minimum Gasteiger partial charge on any atom is -0.378 e. The van der Waals surface area contributed by atoms with Gasteiger partial charge in [-0.05, 0) is 51.5 Å². The quantitative estimate of drug-likeness (QED) is 0.741. The third-order valence-electron chi connectivity index (χ3n) is 5.71. The van der Waals surface area contributed by atoms with E-state index in [1.54, 1.807) is 0 Å². The lowest BCUT2D eigenvalue weighted by Crippen LogP contribution is -2.63. The molecule has 2 aliphatic rings. The van der Waals surface area contributed by atoms with Crippen molar-refractivity contribution in [2.75, 3.05) is 26.2 Å². The van der Waals surface area contributed by atoms with Crippen LogP contribution < -0.4 is 5.32 Å². The number of ether oxygens (including phenoxy) is 1. The van der Waals surface area contributed by atoms with Crippen molar-refractivity contribution < 1.29 is 4.74 Å². The summed E-state index contributed by atoms with van der Waals surface area (Å²) >= 11 is 0. The lowest BCUT2D eigenvalue weighted by atomic mass is 9.87. The van der Waals surface area contributed by atoms with Gasteiger partial charge in [-0.3, -0.25) is 4.90 Å². The highest BCUT2D eigenvalue weighted by Crippen LogP contribution is 2.25. The van der Waals surface area contributed by atoms with E-state index in [0.717, 1.165) is 12.6 Å². The van der Waals surface area contributed by atoms with E-state index >= 15 is 0 Å². The minimum absolute atomic E-state index is 0.355. The van der Waals surface area contributed by atoms with Crippen LogP contribution in [-0.4, -0.2) is 48.8 Å². The predicted molar refractivity (Wildman–Crippen MR) is 89.8 cm³/mol. The van der Waals surface area contributed by atoms with Crippen molar-refractivity contribution in [2.24, 2.45) is 0 Å². The van der Waals surface area contributed by atoms with Crippen molar-refractivity contribution in [1.29, 1.82) is 0 Å². The fourth-order valence-electron chi connectivity index (χ4n) is 4.03. The normalized spacial score (nSPS) is 29.9. The maximum absolute atomic E-state index is 5.77. The molecule has 0 aromatic carbocycles. The van der Waals surface area contributed by atoms with Crippen molar-refractivity contribution in [1.82, 2.24) is 10.2 Å². The molecule has 0 aromatic heterocycles. The monoisotopic (exact) mass is 296 g/mol. The lowest BCUT2D eigenvalue weighted by molar-refractivity contribution is 0.0574. The van der Waals surface area contributed by atoms with Crippen LogP contribution in [0, 0.1) is 0 Å². The van der Waals surface area contributed by atoms with Gasteiger partial charge in [-0.1, -0.05) is 27.2 Å². The third-order valence-corrected chi connectivity index (χ3v) is 5.71. The molecule has 0 amide bonds. The summed E-state index contributed by atoms with van der Waals surface area (Å²) in [6.45, 7) is 11.6. The molecule has 0 spiro atoms. The van der Waals surface area contributed by atoms with Crippen LogP contribution in [0.2, 0.25) is 0 Å². The number of piperazine rings is 1. The highest BCUT2D eigenvalue weighted by Gasteiger charge is 2.36. The van der Waals surface area contributed by atoms with Crippen LogP contribution in [0.1, 0.15) is 72.1 Å². The van der Waals surface area contributed by atoms with Crippen molar-refractivity contribution in [3.05, 3.63) is 0 Å². The predicted octanol–water partition coefficient (Wildman–Crippen LogP) is 3.58. The molecule has 21 heavy (non-hydrogen) atoms. The number of nitrogens with one attached hydrogen (secondary N) is 1. The van der Waals surface area contributed by atoms with E-state index < -0.39 is 0 Å². The van der Waals surface area contributed by atoms with Gasteiger partial charge in [0.1, 0.15) is 0 Å². The molecular formula is C18H36N2O. The summed E-state index contributed by atoms with van der Waals surface area (Å²) in [4.78, 5) is 2.78. The summed E-state index contributed by atoms with van der Waals surface area (Å²) in [5.74, 6) is 0. The van der Waals surface area contributed by atoms with Gasteiger partial charge in [0.15, 0.2) is 0 Å². The maximum atomic E-state index is 5.77. The van der Waals surface area contributed by atoms with Crippen LogP contribution in [0.3, 0.4) is 0 Å². The van der Waals surface area contributed by atoms with Crippen molar-refractivity contribution in [2.45, 2.75) is 89.8 Å². The highest BCUT2D eigenvalue weighted by molar-refractivity contribution is 4.96. The largest absolute Gasteiger partial charge is 0.378 e. The molecule has 124 valence electrons. The average molecular weight is 296 g/mol. The zero-order valence-electron chi connectivity index (χ0n) is 14.5. The SMILES string of the molecule is CCCC1CNC(CC)(CC)CN1CCCC1CCCO1. The zero-order chi connectivity index (χ0) is 15.1.